The fourth-order valence-corrected chi connectivity index (χ4v) is 10.6. The molecule has 0 bridgehead atoms. The molecule has 172 valence electrons. The van der Waals surface area contributed by atoms with Gasteiger partial charge in [0.05, 0.1) is 4.08 Å². The van der Waals surface area contributed by atoms with Crippen molar-refractivity contribution in [1.29, 1.82) is 0 Å². The summed E-state index contributed by atoms with van der Waals surface area (Å²) in [5.41, 5.74) is -3.12. The van der Waals surface area contributed by atoms with Gasteiger partial charge in [-0.1, -0.05) is 25.5 Å². The van der Waals surface area contributed by atoms with Crippen molar-refractivity contribution in [2.75, 3.05) is 12.0 Å². The summed E-state index contributed by atoms with van der Waals surface area (Å²) in [7, 11) is 0. The molecular formula is C24H33FO4S2. The topological polar surface area (TPSA) is 63.6 Å². The number of halogens is 1. The van der Waals surface area contributed by atoms with E-state index in [0.717, 1.165) is 18.6 Å². The van der Waals surface area contributed by atoms with Gasteiger partial charge in [0.15, 0.2) is 11.5 Å². The zero-order chi connectivity index (χ0) is 22.9. The number of alkyl halides is 1. The number of carbonyl (C=O) groups is 2. The zero-order valence-corrected chi connectivity index (χ0v) is 20.6. The van der Waals surface area contributed by atoms with E-state index in [4.69, 9.17) is 4.74 Å². The summed E-state index contributed by atoms with van der Waals surface area (Å²) in [5, 5.41) is 12.0. The predicted octanol–water partition coefficient (Wildman–Crippen LogP) is 5.06. The van der Waals surface area contributed by atoms with Crippen molar-refractivity contribution in [3.05, 3.63) is 23.8 Å². The van der Waals surface area contributed by atoms with Gasteiger partial charge in [0, 0.05) is 30.1 Å². The van der Waals surface area contributed by atoms with Gasteiger partial charge in [-0.3, -0.25) is 9.59 Å². The third kappa shape index (κ3) is 2.84. The Labute approximate surface area is 192 Å². The van der Waals surface area contributed by atoms with E-state index in [1.165, 1.54) is 19.1 Å². The Hall–Kier alpha value is -0.790. The van der Waals surface area contributed by atoms with E-state index in [1.54, 1.807) is 24.8 Å². The Balaban J connectivity index is 1.92. The van der Waals surface area contributed by atoms with E-state index in [1.807, 2.05) is 11.8 Å². The molecule has 0 aliphatic heterocycles. The van der Waals surface area contributed by atoms with E-state index in [2.05, 4.69) is 20.1 Å². The summed E-state index contributed by atoms with van der Waals surface area (Å²) < 4.78 is 23.1. The monoisotopic (exact) mass is 468 g/mol. The largest absolute Gasteiger partial charge is 0.430 e. The first-order valence-electron chi connectivity index (χ1n) is 11.2. The zero-order valence-electron chi connectivity index (χ0n) is 19.0. The van der Waals surface area contributed by atoms with Crippen molar-refractivity contribution in [2.24, 2.45) is 22.7 Å². The maximum absolute atomic E-state index is 17.7. The van der Waals surface area contributed by atoms with Crippen LogP contribution in [0.5, 0.6) is 0 Å². The molecule has 31 heavy (non-hydrogen) atoms. The first-order valence-corrected chi connectivity index (χ1v) is 13.4. The van der Waals surface area contributed by atoms with E-state index in [0.29, 0.717) is 18.4 Å². The Morgan fingerprint density at radius 1 is 1.32 bits per heavy atom. The number of fused-ring (bicyclic) bond motifs is 5. The van der Waals surface area contributed by atoms with Gasteiger partial charge in [-0.25, -0.2) is 4.39 Å². The molecule has 0 amide bonds. The molecular weight excluding hydrogens is 435 g/mol. The molecule has 0 heterocycles. The van der Waals surface area contributed by atoms with Gasteiger partial charge in [0.25, 0.3) is 0 Å². The normalized spacial score (nSPS) is 48.5. The fraction of sp³-hybridized carbons (Fsp3) is 0.750. The molecule has 4 aliphatic carbocycles. The van der Waals surface area contributed by atoms with E-state index >= 15 is 4.39 Å². The van der Waals surface area contributed by atoms with Crippen LogP contribution in [0.25, 0.3) is 0 Å². The molecule has 0 aromatic heterocycles. The Bertz CT molecular complexity index is 874. The van der Waals surface area contributed by atoms with Gasteiger partial charge in [0.2, 0.25) is 5.79 Å². The van der Waals surface area contributed by atoms with Crippen LogP contribution in [0.3, 0.4) is 0 Å². The van der Waals surface area contributed by atoms with Gasteiger partial charge in [-0.2, -0.15) is 0 Å². The maximum atomic E-state index is 17.7. The van der Waals surface area contributed by atoms with Gasteiger partial charge < -0.3 is 9.84 Å². The number of allylic oxidation sites excluding steroid dienone is 4. The first-order chi connectivity index (χ1) is 14.4. The highest BCUT2D eigenvalue weighted by Crippen LogP contribution is 2.75. The molecule has 3 saturated carbocycles. The molecule has 1 unspecified atom stereocenters. The Morgan fingerprint density at radius 3 is 2.65 bits per heavy atom. The summed E-state index contributed by atoms with van der Waals surface area (Å²) >= 11 is 3.66. The van der Waals surface area contributed by atoms with Gasteiger partial charge >= 0.3 is 5.97 Å². The molecule has 4 rings (SSSR count). The number of rotatable bonds is 4. The molecule has 7 heteroatoms. The van der Waals surface area contributed by atoms with Crippen LogP contribution in [0.1, 0.15) is 59.8 Å². The first kappa shape index (κ1) is 23.4. The molecule has 4 nitrogen and oxygen atoms in total. The molecule has 0 saturated heterocycles. The summed E-state index contributed by atoms with van der Waals surface area (Å²) in [4.78, 5) is 24.2. The second kappa shape index (κ2) is 7.36. The minimum Gasteiger partial charge on any atom is -0.430 e. The number of aliphatic hydroxyl groups is 1. The van der Waals surface area contributed by atoms with Crippen molar-refractivity contribution in [2.45, 2.75) is 75.3 Å². The highest BCUT2D eigenvalue weighted by molar-refractivity contribution is 8.18. The van der Waals surface area contributed by atoms with Crippen LogP contribution in [0.4, 0.5) is 4.39 Å². The molecule has 3 fully saturated rings. The maximum Gasteiger partial charge on any atom is 0.305 e. The van der Waals surface area contributed by atoms with E-state index in [-0.39, 0.29) is 22.2 Å². The summed E-state index contributed by atoms with van der Waals surface area (Å²) in [6.45, 7) is 7.26. The number of ketones is 1. The average molecular weight is 469 g/mol. The lowest BCUT2D eigenvalue weighted by Gasteiger charge is -2.65. The van der Waals surface area contributed by atoms with Crippen LogP contribution in [-0.4, -0.2) is 44.4 Å². The minimum atomic E-state index is -2.27. The molecule has 0 spiro atoms. The van der Waals surface area contributed by atoms with Crippen molar-refractivity contribution >= 4 is 35.3 Å². The van der Waals surface area contributed by atoms with Crippen LogP contribution in [-0.2, 0) is 14.3 Å². The van der Waals surface area contributed by atoms with Crippen LogP contribution >= 0.6 is 23.5 Å². The van der Waals surface area contributed by atoms with Gasteiger partial charge in [-0.15, -0.1) is 23.5 Å². The average Bonchev–Trinajstić information content (AvgIpc) is 2.95. The molecule has 0 radical (unpaired) electrons. The smallest absolute Gasteiger partial charge is 0.305 e. The molecule has 1 N–H and O–H groups in total. The minimum absolute atomic E-state index is 0.0513. The highest BCUT2D eigenvalue weighted by Gasteiger charge is 2.79. The number of hydrogen-bond acceptors (Lipinski definition) is 6. The standard InChI is InChI=1S/C24H33FO4S2/c1-6-31-23(30-5)12-10-18-19-8-7-16-13-17(27)9-11-20(16,3)24(19,25)22(28,29-15(2)26)14-21(18,23)4/h9,11,13,18-19,28H,6-8,10,12,14H2,1-5H3/t18-,19-,20-,21-,22-,23+,24?/m0/s1. The van der Waals surface area contributed by atoms with Crippen molar-refractivity contribution in [1.82, 2.24) is 0 Å². The third-order valence-electron chi connectivity index (χ3n) is 8.71. The predicted molar refractivity (Wildman–Crippen MR) is 123 cm³/mol. The second-order valence-corrected chi connectivity index (χ2v) is 12.9. The fourth-order valence-electron chi connectivity index (χ4n) is 7.46. The Morgan fingerprint density at radius 2 is 2.03 bits per heavy atom. The summed E-state index contributed by atoms with van der Waals surface area (Å²) in [5.74, 6) is -2.60. The molecule has 0 aromatic carbocycles. The molecule has 0 aromatic rings. The van der Waals surface area contributed by atoms with Crippen LogP contribution in [0.15, 0.2) is 23.8 Å². The number of carbonyl (C=O) groups excluding carboxylic acids is 2. The van der Waals surface area contributed by atoms with Crippen LogP contribution in [0, 0.1) is 22.7 Å². The van der Waals surface area contributed by atoms with E-state index < -0.39 is 34.2 Å². The summed E-state index contributed by atoms with van der Waals surface area (Å²) in [6, 6.07) is 0. The summed E-state index contributed by atoms with van der Waals surface area (Å²) in [6.07, 6.45) is 9.61. The number of esters is 1. The lowest BCUT2D eigenvalue weighted by molar-refractivity contribution is -0.341. The van der Waals surface area contributed by atoms with Crippen LogP contribution in [0.2, 0.25) is 0 Å². The second-order valence-electron chi connectivity index (χ2n) is 9.97. The lowest BCUT2D eigenvalue weighted by atomic mass is 9.44. The van der Waals surface area contributed by atoms with Gasteiger partial charge in [0.1, 0.15) is 0 Å². The SMILES string of the molecule is CCS[C@]1(SC)CC[C@H]2[C@@H]3CCC4=CC(=O)C=C[C@]4(C)C3(F)[C@@](O)(OC(C)=O)C[C@@]21C. The van der Waals surface area contributed by atoms with Crippen LogP contribution < -0.4 is 0 Å². The van der Waals surface area contributed by atoms with E-state index in [9.17, 15) is 14.7 Å². The number of ether oxygens (including phenoxy) is 1. The van der Waals surface area contributed by atoms with Crippen molar-refractivity contribution < 1.29 is 23.8 Å². The lowest BCUT2D eigenvalue weighted by Crippen LogP contribution is -2.74. The highest BCUT2D eigenvalue weighted by atomic mass is 32.2. The number of hydrogen-bond donors (Lipinski definition) is 1. The quantitative estimate of drug-likeness (QED) is 0.460. The van der Waals surface area contributed by atoms with Gasteiger partial charge in [-0.05, 0) is 62.7 Å². The molecule has 7 atom stereocenters. The molecule has 4 aliphatic rings. The number of thioether (sulfide) groups is 2. The van der Waals surface area contributed by atoms with Crippen molar-refractivity contribution in [3.63, 3.8) is 0 Å². The Kier molecular flexibility index (Phi) is 5.55. The third-order valence-corrected chi connectivity index (χ3v) is 12.3. The van der Waals surface area contributed by atoms with Crippen molar-refractivity contribution in [3.8, 4) is 0 Å².